The minimum atomic E-state index is -1.13. The number of thiophene rings is 1. The molecule has 53 heavy (non-hydrogen) atoms. The quantitative estimate of drug-likeness (QED) is 0.0986. The van der Waals surface area contributed by atoms with Gasteiger partial charge in [-0.25, -0.2) is 9.59 Å². The van der Waals surface area contributed by atoms with Gasteiger partial charge >= 0.3 is 12.1 Å². The van der Waals surface area contributed by atoms with Crippen LogP contribution < -0.4 is 26.6 Å². The van der Waals surface area contributed by atoms with Crippen LogP contribution in [0.3, 0.4) is 0 Å². The Bertz CT molecular complexity index is 1650. The van der Waals surface area contributed by atoms with Gasteiger partial charge in [0.1, 0.15) is 36.1 Å². The molecule has 0 radical (unpaired) electrons. The van der Waals surface area contributed by atoms with Crippen molar-refractivity contribution in [2.75, 3.05) is 25.1 Å². The van der Waals surface area contributed by atoms with E-state index in [-0.39, 0.29) is 25.2 Å². The highest BCUT2D eigenvalue weighted by Gasteiger charge is 2.29. The number of esters is 1. The van der Waals surface area contributed by atoms with Crippen LogP contribution in [0.5, 0.6) is 5.75 Å². The molecule has 3 aromatic rings. The molecule has 3 rings (SSSR count). The summed E-state index contributed by atoms with van der Waals surface area (Å²) in [5.41, 5.74) is 0.602. The van der Waals surface area contributed by atoms with Crippen molar-refractivity contribution < 1.29 is 43.3 Å². The predicted octanol–water partition coefficient (Wildman–Crippen LogP) is 2.83. The van der Waals surface area contributed by atoms with Gasteiger partial charge in [0.05, 0.1) is 13.1 Å². The molecule has 2 aromatic carbocycles. The van der Waals surface area contributed by atoms with Crippen LogP contribution in [-0.2, 0) is 52.9 Å². The Labute approximate surface area is 317 Å². The normalized spacial score (nSPS) is 12.7. The molecule has 0 fully saturated rings. The first-order valence-electron chi connectivity index (χ1n) is 16.9. The summed E-state index contributed by atoms with van der Waals surface area (Å²) in [6.07, 6.45) is 1.53. The number of hydrogen-bond acceptors (Lipinski definition) is 11. The fourth-order valence-electron chi connectivity index (χ4n) is 4.73. The number of nitrogens with one attached hydrogen (secondary N) is 5. The van der Waals surface area contributed by atoms with E-state index < -0.39 is 72.5 Å². The number of benzene rings is 2. The average molecular weight is 770 g/mol. The number of amides is 5. The first-order valence-corrected chi connectivity index (χ1v) is 19.1. The molecule has 16 heteroatoms. The van der Waals surface area contributed by atoms with E-state index in [0.29, 0.717) is 17.7 Å². The van der Waals surface area contributed by atoms with E-state index in [2.05, 4.69) is 26.6 Å². The van der Waals surface area contributed by atoms with E-state index in [9.17, 15) is 33.9 Å². The largest absolute Gasteiger partial charge is 0.508 e. The van der Waals surface area contributed by atoms with Crippen molar-refractivity contribution in [2.24, 2.45) is 0 Å². The van der Waals surface area contributed by atoms with Crippen molar-refractivity contribution in [3.63, 3.8) is 0 Å². The lowest BCUT2D eigenvalue weighted by Crippen LogP contribution is -2.54. The zero-order chi connectivity index (χ0) is 38.8. The summed E-state index contributed by atoms with van der Waals surface area (Å²) < 4.78 is 10.8. The molecule has 0 aliphatic rings. The number of carbonyl (C=O) groups is 6. The van der Waals surface area contributed by atoms with E-state index >= 15 is 0 Å². The van der Waals surface area contributed by atoms with Gasteiger partial charge in [-0.2, -0.15) is 11.8 Å². The second-order valence-corrected chi connectivity index (χ2v) is 14.9. The summed E-state index contributed by atoms with van der Waals surface area (Å²) in [4.78, 5) is 78.5. The van der Waals surface area contributed by atoms with Crippen LogP contribution in [-0.4, -0.2) is 89.6 Å². The maximum Gasteiger partial charge on any atom is 0.408 e. The molecule has 6 N–H and O–H groups in total. The third-order valence-corrected chi connectivity index (χ3v) is 8.87. The average Bonchev–Trinajstić information content (AvgIpc) is 3.63. The minimum absolute atomic E-state index is 0.0311. The number of hydrogen-bond donors (Lipinski definition) is 6. The van der Waals surface area contributed by atoms with Crippen molar-refractivity contribution in [3.05, 3.63) is 88.1 Å². The molecule has 14 nitrogen and oxygen atoms in total. The van der Waals surface area contributed by atoms with Gasteiger partial charge in [-0.1, -0.05) is 48.5 Å². The van der Waals surface area contributed by atoms with E-state index in [1.807, 2.05) is 54.1 Å². The SMILES string of the molecule is CSCC[C@H](NC(=O)[C@H](Cc1cccs1)NC(=O)CNC(=O)CNC(=O)[C@H](Cc1ccc(O)cc1)NC(=O)OC(C)(C)C)C(=O)OCc1ccccc1. The lowest BCUT2D eigenvalue weighted by Gasteiger charge is -2.23. The summed E-state index contributed by atoms with van der Waals surface area (Å²) in [6.45, 7) is 4.03. The van der Waals surface area contributed by atoms with E-state index in [1.54, 1.807) is 32.9 Å². The smallest absolute Gasteiger partial charge is 0.408 e. The van der Waals surface area contributed by atoms with Crippen LogP contribution in [0, 0.1) is 0 Å². The maximum atomic E-state index is 13.5. The molecule has 0 saturated carbocycles. The molecule has 1 heterocycles. The van der Waals surface area contributed by atoms with Crippen molar-refractivity contribution in [1.82, 2.24) is 26.6 Å². The molecule has 0 spiro atoms. The van der Waals surface area contributed by atoms with Gasteiger partial charge in [0.25, 0.3) is 0 Å². The molecule has 286 valence electrons. The second-order valence-electron chi connectivity index (χ2n) is 12.9. The highest BCUT2D eigenvalue weighted by atomic mass is 32.2. The summed E-state index contributed by atoms with van der Waals surface area (Å²) >= 11 is 2.90. The number of thioether (sulfide) groups is 1. The van der Waals surface area contributed by atoms with Gasteiger partial charge in [-0.15, -0.1) is 11.3 Å². The summed E-state index contributed by atoms with van der Waals surface area (Å²) in [6, 6.07) is 15.7. The number of phenolic OH excluding ortho intramolecular Hbond substituents is 1. The third kappa shape index (κ3) is 16.4. The van der Waals surface area contributed by atoms with Crippen LogP contribution in [0.15, 0.2) is 72.1 Å². The molecule has 3 atom stereocenters. The number of ether oxygens (including phenoxy) is 2. The van der Waals surface area contributed by atoms with Gasteiger partial charge in [0.2, 0.25) is 23.6 Å². The van der Waals surface area contributed by atoms with Gasteiger partial charge in [-0.3, -0.25) is 19.2 Å². The summed E-state index contributed by atoms with van der Waals surface area (Å²) in [5, 5.41) is 24.2. The Morgan fingerprint density at radius 3 is 2.08 bits per heavy atom. The van der Waals surface area contributed by atoms with Gasteiger partial charge in [-0.05, 0) is 73.9 Å². The molecule has 1 aromatic heterocycles. The van der Waals surface area contributed by atoms with Crippen molar-refractivity contribution >= 4 is 58.8 Å². The van der Waals surface area contributed by atoms with Crippen LogP contribution in [0.1, 0.15) is 43.2 Å². The number of phenols is 1. The topological polar surface area (TPSA) is 201 Å². The van der Waals surface area contributed by atoms with E-state index in [1.165, 1.54) is 35.2 Å². The molecule has 0 unspecified atom stereocenters. The van der Waals surface area contributed by atoms with Gasteiger partial charge in [0, 0.05) is 17.7 Å². The van der Waals surface area contributed by atoms with Crippen LogP contribution in [0.4, 0.5) is 4.79 Å². The molecule has 0 bridgehead atoms. The van der Waals surface area contributed by atoms with Gasteiger partial charge < -0.3 is 41.2 Å². The number of alkyl carbamates (subject to hydrolysis) is 1. The van der Waals surface area contributed by atoms with E-state index in [0.717, 1.165) is 10.4 Å². The Kier molecular flexibility index (Phi) is 17.1. The molecule has 0 aliphatic heterocycles. The second kappa shape index (κ2) is 21.4. The van der Waals surface area contributed by atoms with Crippen LogP contribution in [0.25, 0.3) is 0 Å². The Balaban J connectivity index is 1.58. The predicted molar refractivity (Wildman–Crippen MR) is 202 cm³/mol. The molecule has 0 aliphatic carbocycles. The van der Waals surface area contributed by atoms with Crippen molar-refractivity contribution in [1.29, 1.82) is 0 Å². The highest BCUT2D eigenvalue weighted by Crippen LogP contribution is 2.14. The van der Waals surface area contributed by atoms with Crippen LogP contribution in [0.2, 0.25) is 0 Å². The lowest BCUT2D eigenvalue weighted by atomic mass is 10.1. The number of rotatable bonds is 19. The Hall–Kier alpha value is -5.09. The highest BCUT2D eigenvalue weighted by molar-refractivity contribution is 7.98. The molecular weight excluding hydrogens is 723 g/mol. The first kappa shape index (κ1) is 42.3. The fourth-order valence-corrected chi connectivity index (χ4v) is 5.95. The summed E-state index contributed by atoms with van der Waals surface area (Å²) in [7, 11) is 0. The first-order chi connectivity index (χ1) is 25.2. The zero-order valence-corrected chi connectivity index (χ0v) is 31.8. The molecular formula is C37H47N5O9S2. The number of carbonyl (C=O) groups excluding carboxylic acids is 6. The van der Waals surface area contributed by atoms with Crippen molar-refractivity contribution in [2.45, 2.75) is 70.4 Å². The summed E-state index contributed by atoms with van der Waals surface area (Å²) in [5.74, 6) is -2.65. The zero-order valence-electron chi connectivity index (χ0n) is 30.1. The third-order valence-electron chi connectivity index (χ3n) is 7.33. The standard InChI is InChI=1S/C37H47N5O9S2/c1-37(2,3)51-36(49)42-29(19-24-12-14-26(43)15-13-24)33(46)39-21-31(44)38-22-32(45)40-30(20-27-11-8-17-53-27)34(47)41-28(16-18-52-4)35(48)50-23-25-9-6-5-7-10-25/h5-15,17,28-30,43H,16,18-23H2,1-4H3,(H,38,44)(H,39,46)(H,40,45)(H,41,47)(H,42,49)/t28-,29-,30-/m0/s1. The van der Waals surface area contributed by atoms with Gasteiger partial charge in [0.15, 0.2) is 0 Å². The minimum Gasteiger partial charge on any atom is -0.508 e. The molecule has 5 amide bonds. The maximum absolute atomic E-state index is 13.5. The fraction of sp³-hybridized carbons (Fsp3) is 0.405. The van der Waals surface area contributed by atoms with Crippen LogP contribution >= 0.6 is 23.1 Å². The monoisotopic (exact) mass is 769 g/mol. The Morgan fingerprint density at radius 2 is 1.43 bits per heavy atom. The molecule has 0 saturated heterocycles. The lowest BCUT2D eigenvalue weighted by molar-refractivity contribution is -0.149. The van der Waals surface area contributed by atoms with E-state index in [4.69, 9.17) is 9.47 Å². The van der Waals surface area contributed by atoms with Crippen molar-refractivity contribution in [3.8, 4) is 5.75 Å². The number of aromatic hydroxyl groups is 1. The Morgan fingerprint density at radius 1 is 0.755 bits per heavy atom.